The number of ether oxygens (including phenoxy) is 2. The number of hydrogen-bond acceptors (Lipinski definition) is 9. The van der Waals surface area contributed by atoms with Crippen molar-refractivity contribution in [3.8, 4) is 6.07 Å². The Bertz CT molecular complexity index is 881. The van der Waals surface area contributed by atoms with Gasteiger partial charge in [-0.05, 0) is 24.3 Å². The van der Waals surface area contributed by atoms with Crippen molar-refractivity contribution in [1.82, 2.24) is 14.8 Å². The summed E-state index contributed by atoms with van der Waals surface area (Å²) in [4.78, 5) is 14.5. The Kier molecular flexibility index (Phi) is 6.66. The number of nitriles is 1. The zero-order chi connectivity index (χ0) is 20.1. The molecule has 2 aromatic heterocycles. The molecule has 2 aromatic rings. The van der Waals surface area contributed by atoms with Crippen LogP contribution in [0.2, 0.25) is 0 Å². The number of hydrogen-bond donors (Lipinski definition) is 1. The van der Waals surface area contributed by atoms with Gasteiger partial charge in [0.15, 0.2) is 5.16 Å². The molecule has 9 nitrogen and oxygen atoms in total. The minimum absolute atomic E-state index is 0.142. The van der Waals surface area contributed by atoms with Crippen molar-refractivity contribution < 1.29 is 14.3 Å². The van der Waals surface area contributed by atoms with Gasteiger partial charge in [-0.15, -0.1) is 21.5 Å². The van der Waals surface area contributed by atoms with Gasteiger partial charge < -0.3 is 19.7 Å². The van der Waals surface area contributed by atoms with E-state index in [0.29, 0.717) is 35.5 Å². The van der Waals surface area contributed by atoms with Gasteiger partial charge in [-0.1, -0.05) is 11.8 Å². The number of thiophene rings is 1. The third-order valence-electron chi connectivity index (χ3n) is 4.77. The molecule has 4 heterocycles. The number of carbonyl (C=O) groups is 1. The van der Waals surface area contributed by atoms with Crippen LogP contribution in [-0.4, -0.2) is 65.4 Å². The van der Waals surface area contributed by atoms with Crippen molar-refractivity contribution in [2.24, 2.45) is 0 Å². The van der Waals surface area contributed by atoms with Crippen LogP contribution in [0.25, 0.3) is 0 Å². The second kappa shape index (κ2) is 9.58. The van der Waals surface area contributed by atoms with Crippen molar-refractivity contribution in [3.05, 3.63) is 17.0 Å². The molecule has 1 unspecified atom stereocenters. The summed E-state index contributed by atoms with van der Waals surface area (Å²) in [7, 11) is 0. The Morgan fingerprint density at radius 3 is 3.00 bits per heavy atom. The fraction of sp³-hybridized carbons (Fsp3) is 0.556. The highest BCUT2D eigenvalue weighted by Crippen LogP contribution is 2.27. The predicted octanol–water partition coefficient (Wildman–Crippen LogP) is 1.96. The fourth-order valence-electron chi connectivity index (χ4n) is 3.32. The van der Waals surface area contributed by atoms with Crippen LogP contribution in [0.3, 0.4) is 0 Å². The maximum absolute atomic E-state index is 12.4. The maximum Gasteiger partial charge on any atom is 0.235 e. The molecule has 0 spiro atoms. The van der Waals surface area contributed by atoms with Crippen LogP contribution in [0.4, 0.5) is 10.9 Å². The van der Waals surface area contributed by atoms with Gasteiger partial charge in [-0.2, -0.15) is 5.26 Å². The number of aromatic nitrogens is 3. The minimum Gasteiger partial charge on any atom is -0.378 e. The lowest BCUT2D eigenvalue weighted by Crippen LogP contribution is -2.38. The average Bonchev–Trinajstić information content (AvgIpc) is 3.49. The topological polar surface area (TPSA) is 105 Å². The Balaban J connectivity index is 1.44. The van der Waals surface area contributed by atoms with Gasteiger partial charge in [0.05, 0.1) is 37.2 Å². The number of morpholine rings is 1. The summed E-state index contributed by atoms with van der Waals surface area (Å²) < 4.78 is 13.3. The molecule has 2 aliphatic heterocycles. The molecule has 0 bridgehead atoms. The number of anilines is 2. The number of carbonyl (C=O) groups excluding carboxylic acids is 1. The maximum atomic E-state index is 12.4. The Morgan fingerprint density at radius 1 is 1.38 bits per heavy atom. The average molecular weight is 435 g/mol. The van der Waals surface area contributed by atoms with E-state index in [9.17, 15) is 4.79 Å². The van der Waals surface area contributed by atoms with Crippen LogP contribution < -0.4 is 10.2 Å². The summed E-state index contributed by atoms with van der Waals surface area (Å²) in [6.45, 7) is 4.33. The molecule has 2 fully saturated rings. The fourth-order valence-corrected chi connectivity index (χ4v) is 4.82. The third-order valence-corrected chi connectivity index (χ3v) is 6.57. The first-order valence-corrected chi connectivity index (χ1v) is 11.4. The molecule has 0 saturated carbocycles. The first kappa shape index (κ1) is 20.2. The lowest BCUT2D eigenvalue weighted by atomic mass is 10.2. The molecule has 154 valence electrons. The summed E-state index contributed by atoms with van der Waals surface area (Å²) in [6, 6.07) is 3.77. The van der Waals surface area contributed by atoms with Crippen LogP contribution in [0, 0.1) is 11.3 Å². The van der Waals surface area contributed by atoms with E-state index in [1.807, 2.05) is 0 Å². The second-order valence-electron chi connectivity index (χ2n) is 6.74. The molecule has 1 atom stereocenters. The predicted molar refractivity (Wildman–Crippen MR) is 110 cm³/mol. The van der Waals surface area contributed by atoms with Gasteiger partial charge in [-0.3, -0.25) is 9.36 Å². The highest BCUT2D eigenvalue weighted by molar-refractivity contribution is 7.99. The van der Waals surface area contributed by atoms with E-state index in [1.165, 1.54) is 23.1 Å². The molecule has 29 heavy (non-hydrogen) atoms. The molecular formula is C18H22N6O3S2. The summed E-state index contributed by atoms with van der Waals surface area (Å²) >= 11 is 2.68. The van der Waals surface area contributed by atoms with Crippen molar-refractivity contribution >= 4 is 40.0 Å². The Labute approximate surface area is 177 Å². The van der Waals surface area contributed by atoms with Gasteiger partial charge in [0.1, 0.15) is 11.1 Å². The van der Waals surface area contributed by atoms with Crippen molar-refractivity contribution in [2.45, 2.75) is 30.6 Å². The SMILES string of the molecule is N#Cc1ccsc1NC(=O)CSc1nnc(N2CCOCC2)n1CC1CCCO1. The first-order chi connectivity index (χ1) is 14.2. The highest BCUT2D eigenvalue weighted by Gasteiger charge is 2.25. The molecule has 0 radical (unpaired) electrons. The van der Waals surface area contributed by atoms with Gasteiger partial charge in [0, 0.05) is 19.7 Å². The number of nitrogens with one attached hydrogen (secondary N) is 1. The zero-order valence-corrected chi connectivity index (χ0v) is 17.5. The number of nitrogens with zero attached hydrogens (tertiary/aromatic N) is 5. The summed E-state index contributed by atoms with van der Waals surface area (Å²) in [6.07, 6.45) is 2.22. The lowest BCUT2D eigenvalue weighted by Gasteiger charge is -2.28. The third kappa shape index (κ3) is 4.90. The second-order valence-corrected chi connectivity index (χ2v) is 8.60. The molecular weight excluding hydrogens is 412 g/mol. The van der Waals surface area contributed by atoms with E-state index in [4.69, 9.17) is 14.7 Å². The summed E-state index contributed by atoms with van der Waals surface area (Å²) in [5, 5.41) is 23.7. The molecule has 1 amide bonds. The van der Waals surface area contributed by atoms with E-state index < -0.39 is 0 Å². The molecule has 0 aromatic carbocycles. The Hall–Kier alpha value is -2.13. The molecule has 2 aliphatic rings. The van der Waals surface area contributed by atoms with Gasteiger partial charge in [-0.25, -0.2) is 0 Å². The van der Waals surface area contributed by atoms with Crippen molar-refractivity contribution in [1.29, 1.82) is 5.26 Å². The quantitative estimate of drug-likeness (QED) is 0.660. The highest BCUT2D eigenvalue weighted by atomic mass is 32.2. The largest absolute Gasteiger partial charge is 0.378 e. The number of rotatable bonds is 7. The van der Waals surface area contributed by atoms with Crippen molar-refractivity contribution in [3.63, 3.8) is 0 Å². The van der Waals surface area contributed by atoms with Gasteiger partial charge in [0.25, 0.3) is 0 Å². The zero-order valence-electron chi connectivity index (χ0n) is 15.9. The van der Waals surface area contributed by atoms with Crippen molar-refractivity contribution in [2.75, 3.05) is 48.9 Å². The number of amides is 1. The van der Waals surface area contributed by atoms with Crippen LogP contribution in [-0.2, 0) is 20.8 Å². The van der Waals surface area contributed by atoms with Crippen LogP contribution >= 0.6 is 23.1 Å². The van der Waals surface area contributed by atoms with Gasteiger partial charge >= 0.3 is 0 Å². The van der Waals surface area contributed by atoms with Crippen LogP contribution in [0.15, 0.2) is 16.6 Å². The molecule has 1 N–H and O–H groups in total. The summed E-state index contributed by atoms with van der Waals surface area (Å²) in [5.74, 6) is 0.820. The van der Waals surface area contributed by atoms with E-state index in [2.05, 4.69) is 31.1 Å². The van der Waals surface area contributed by atoms with E-state index in [1.54, 1.807) is 11.4 Å². The molecule has 11 heteroatoms. The van der Waals surface area contributed by atoms with Gasteiger partial charge in [0.2, 0.25) is 11.9 Å². The van der Waals surface area contributed by atoms with E-state index >= 15 is 0 Å². The molecule has 4 rings (SSSR count). The smallest absolute Gasteiger partial charge is 0.235 e. The van der Waals surface area contributed by atoms with E-state index in [0.717, 1.165) is 38.5 Å². The number of thioether (sulfide) groups is 1. The standard InChI is InChI=1S/C18H22N6O3S2/c19-10-13-3-9-28-16(13)20-15(25)12-29-18-22-21-17(23-4-7-26-8-5-23)24(18)11-14-2-1-6-27-14/h3,9,14H,1-2,4-8,11-12H2,(H,20,25). The molecule has 0 aliphatic carbocycles. The Morgan fingerprint density at radius 2 is 2.24 bits per heavy atom. The van der Waals surface area contributed by atoms with E-state index in [-0.39, 0.29) is 17.8 Å². The van der Waals surface area contributed by atoms with Crippen LogP contribution in [0.1, 0.15) is 18.4 Å². The minimum atomic E-state index is -0.173. The van der Waals surface area contributed by atoms with Crippen LogP contribution in [0.5, 0.6) is 0 Å². The first-order valence-electron chi connectivity index (χ1n) is 9.52. The molecule has 2 saturated heterocycles. The summed E-state index contributed by atoms with van der Waals surface area (Å²) in [5.41, 5.74) is 0.476. The lowest BCUT2D eigenvalue weighted by molar-refractivity contribution is -0.113. The monoisotopic (exact) mass is 434 g/mol. The normalized spacial score (nSPS) is 19.3.